The van der Waals surface area contributed by atoms with Crippen molar-refractivity contribution in [1.29, 1.82) is 0 Å². The third-order valence-electron chi connectivity index (χ3n) is 7.98. The van der Waals surface area contributed by atoms with Crippen molar-refractivity contribution < 1.29 is 19.4 Å². The monoisotopic (exact) mass is 522 g/mol. The van der Waals surface area contributed by atoms with Gasteiger partial charge in [0, 0.05) is 38.1 Å². The number of ether oxygens (including phenoxy) is 2. The number of aryl methyl sites for hydroxylation is 1. The van der Waals surface area contributed by atoms with Crippen molar-refractivity contribution >= 4 is 11.8 Å². The van der Waals surface area contributed by atoms with E-state index in [2.05, 4.69) is 41.1 Å². The number of carbonyl (C=O) groups excluding carboxylic acids is 1. The molecule has 1 aromatic heterocycles. The molecule has 3 heterocycles. The van der Waals surface area contributed by atoms with Crippen LogP contribution in [0, 0.1) is 0 Å². The lowest BCUT2D eigenvalue weighted by Gasteiger charge is -2.43. The molecule has 0 bridgehead atoms. The Labute approximate surface area is 226 Å². The van der Waals surface area contributed by atoms with Crippen molar-refractivity contribution in [3.8, 4) is 0 Å². The molecule has 1 amide bonds. The summed E-state index contributed by atoms with van der Waals surface area (Å²) in [4.78, 5) is 24.9. The average molecular weight is 523 g/mol. The summed E-state index contributed by atoms with van der Waals surface area (Å²) in [5, 5.41) is 9.70. The van der Waals surface area contributed by atoms with Gasteiger partial charge >= 0.3 is 6.09 Å². The molecule has 8 heteroatoms. The molecule has 2 aromatic rings. The van der Waals surface area contributed by atoms with Crippen molar-refractivity contribution in [1.82, 2.24) is 14.8 Å². The molecule has 38 heavy (non-hydrogen) atoms. The van der Waals surface area contributed by atoms with E-state index >= 15 is 0 Å². The summed E-state index contributed by atoms with van der Waals surface area (Å²) < 4.78 is 11.6. The molecule has 5 rings (SSSR count). The van der Waals surface area contributed by atoms with E-state index < -0.39 is 5.60 Å². The number of carbonyl (C=O) groups is 1. The Hall–Kier alpha value is -2.68. The topological polar surface area (TPSA) is 78.4 Å². The van der Waals surface area contributed by atoms with E-state index in [0.29, 0.717) is 19.7 Å². The van der Waals surface area contributed by atoms with Gasteiger partial charge in [0.2, 0.25) is 0 Å². The fourth-order valence-corrected chi connectivity index (χ4v) is 6.18. The molecule has 1 aromatic carbocycles. The predicted octanol–water partition coefficient (Wildman–Crippen LogP) is 3.95. The number of fused-ring (bicyclic) bond motifs is 2. The van der Waals surface area contributed by atoms with Gasteiger partial charge in [0.05, 0.1) is 37.1 Å². The van der Waals surface area contributed by atoms with E-state index in [-0.39, 0.29) is 30.9 Å². The van der Waals surface area contributed by atoms with Gasteiger partial charge in [0.25, 0.3) is 0 Å². The molecule has 3 atom stereocenters. The fraction of sp³-hybridized carbons (Fsp3) is 0.600. The van der Waals surface area contributed by atoms with Crippen LogP contribution in [-0.4, -0.2) is 83.6 Å². The second-order valence-corrected chi connectivity index (χ2v) is 11.9. The minimum Gasteiger partial charge on any atom is -0.444 e. The van der Waals surface area contributed by atoms with Crippen LogP contribution in [0.3, 0.4) is 0 Å². The van der Waals surface area contributed by atoms with Crippen molar-refractivity contribution in [3.63, 3.8) is 0 Å². The molecule has 1 aliphatic carbocycles. The quantitative estimate of drug-likeness (QED) is 0.637. The van der Waals surface area contributed by atoms with Crippen LogP contribution < -0.4 is 4.90 Å². The van der Waals surface area contributed by atoms with Gasteiger partial charge < -0.3 is 19.5 Å². The third kappa shape index (κ3) is 5.82. The zero-order valence-corrected chi connectivity index (χ0v) is 23.2. The summed E-state index contributed by atoms with van der Waals surface area (Å²) in [6.07, 6.45) is 5.48. The molecule has 0 radical (unpaired) electrons. The Morgan fingerprint density at radius 2 is 2.05 bits per heavy atom. The van der Waals surface area contributed by atoms with Crippen LogP contribution in [0.5, 0.6) is 0 Å². The Bertz CT molecular complexity index is 1130. The summed E-state index contributed by atoms with van der Waals surface area (Å²) in [5.74, 6) is 0. The van der Waals surface area contributed by atoms with E-state index in [0.717, 1.165) is 44.3 Å². The Kier molecular flexibility index (Phi) is 7.93. The first-order valence-corrected chi connectivity index (χ1v) is 14.0. The first-order valence-electron chi connectivity index (χ1n) is 14.0. The van der Waals surface area contributed by atoms with Gasteiger partial charge in [-0.2, -0.15) is 0 Å². The number of hydrogen-bond donors (Lipinski definition) is 1. The molecule has 1 N–H and O–H groups in total. The van der Waals surface area contributed by atoms with Crippen molar-refractivity contribution in [2.24, 2.45) is 0 Å². The maximum atomic E-state index is 13.5. The number of morpholine rings is 1. The highest BCUT2D eigenvalue weighted by molar-refractivity contribution is 5.70. The SMILES string of the molecule is CN(C[C@H]1Cc2c(cccc2N2CCO[C@H](CO)C2)CN1C(=O)OC(C)(C)C)[C@H]1CCCc2cccnc21. The van der Waals surface area contributed by atoms with Crippen LogP contribution >= 0.6 is 0 Å². The number of aromatic nitrogens is 1. The first kappa shape index (κ1) is 26.9. The van der Waals surface area contributed by atoms with Crippen LogP contribution in [0.15, 0.2) is 36.5 Å². The second kappa shape index (κ2) is 11.2. The number of amides is 1. The van der Waals surface area contributed by atoms with Gasteiger partial charge in [-0.05, 0) is 82.3 Å². The van der Waals surface area contributed by atoms with Gasteiger partial charge in [-0.1, -0.05) is 18.2 Å². The second-order valence-electron chi connectivity index (χ2n) is 11.9. The van der Waals surface area contributed by atoms with Crippen LogP contribution in [0.4, 0.5) is 10.5 Å². The number of nitrogens with zero attached hydrogens (tertiary/aromatic N) is 4. The smallest absolute Gasteiger partial charge is 0.410 e. The summed E-state index contributed by atoms with van der Waals surface area (Å²) in [6, 6.07) is 10.8. The van der Waals surface area contributed by atoms with Crippen LogP contribution in [0.2, 0.25) is 0 Å². The molecule has 0 saturated carbocycles. The molecular weight excluding hydrogens is 480 g/mol. The standard InChI is InChI=1S/C30H42N4O4/c1-30(2,3)38-29(36)34-17-22-9-6-11-26(33-14-15-37-24(19-33)20-35)25(22)16-23(34)18-32(4)27-12-5-8-21-10-7-13-31-28(21)27/h6-7,9-11,13,23-24,27,35H,5,8,12,14-20H2,1-4H3/t23-,24+,27+/m1/s1. The largest absolute Gasteiger partial charge is 0.444 e. The minimum atomic E-state index is -0.561. The van der Waals surface area contributed by atoms with E-state index in [1.54, 1.807) is 0 Å². The first-order chi connectivity index (χ1) is 18.2. The maximum absolute atomic E-state index is 13.5. The van der Waals surface area contributed by atoms with Gasteiger partial charge in [-0.15, -0.1) is 0 Å². The van der Waals surface area contributed by atoms with Gasteiger partial charge in [-0.25, -0.2) is 4.79 Å². The molecule has 1 fully saturated rings. The summed E-state index contributed by atoms with van der Waals surface area (Å²) >= 11 is 0. The lowest BCUT2D eigenvalue weighted by molar-refractivity contribution is 0.00306. The number of aliphatic hydroxyl groups excluding tert-OH is 1. The molecule has 2 aliphatic heterocycles. The van der Waals surface area contributed by atoms with Gasteiger partial charge in [0.1, 0.15) is 5.60 Å². The molecule has 0 unspecified atom stereocenters. The van der Waals surface area contributed by atoms with Crippen LogP contribution in [0.25, 0.3) is 0 Å². The predicted molar refractivity (Wildman–Crippen MR) is 147 cm³/mol. The molecule has 1 saturated heterocycles. The Morgan fingerprint density at radius 1 is 1.24 bits per heavy atom. The number of benzene rings is 1. The van der Waals surface area contributed by atoms with Crippen molar-refractivity contribution in [2.45, 2.75) is 76.8 Å². The number of likely N-dealkylation sites (N-methyl/N-ethyl adjacent to an activating group) is 1. The molecule has 8 nitrogen and oxygen atoms in total. The Balaban J connectivity index is 1.43. The summed E-state index contributed by atoms with van der Waals surface area (Å²) in [5.41, 5.74) is 5.57. The van der Waals surface area contributed by atoms with Gasteiger partial charge in [0.15, 0.2) is 0 Å². The van der Waals surface area contributed by atoms with E-state index in [9.17, 15) is 9.90 Å². The molecular formula is C30H42N4O4. The fourth-order valence-electron chi connectivity index (χ4n) is 6.18. The van der Waals surface area contributed by atoms with Crippen LogP contribution in [-0.2, 0) is 28.9 Å². The summed E-state index contributed by atoms with van der Waals surface area (Å²) in [6.45, 7) is 9.07. The van der Waals surface area contributed by atoms with Crippen LogP contribution in [0.1, 0.15) is 62.0 Å². The number of anilines is 1. The number of rotatable bonds is 5. The number of aliphatic hydroxyl groups is 1. The highest BCUT2D eigenvalue weighted by Crippen LogP contribution is 2.36. The number of pyridine rings is 1. The highest BCUT2D eigenvalue weighted by atomic mass is 16.6. The average Bonchev–Trinajstić information content (AvgIpc) is 2.91. The van der Waals surface area contributed by atoms with Crippen molar-refractivity contribution in [3.05, 3.63) is 58.9 Å². The number of hydrogen-bond acceptors (Lipinski definition) is 7. The summed E-state index contributed by atoms with van der Waals surface area (Å²) in [7, 11) is 2.16. The Morgan fingerprint density at radius 3 is 2.84 bits per heavy atom. The van der Waals surface area contributed by atoms with E-state index in [4.69, 9.17) is 14.5 Å². The lowest BCUT2D eigenvalue weighted by Crippen LogP contribution is -2.52. The zero-order chi connectivity index (χ0) is 26.9. The van der Waals surface area contributed by atoms with E-state index in [1.807, 2.05) is 37.9 Å². The maximum Gasteiger partial charge on any atom is 0.410 e. The third-order valence-corrected chi connectivity index (χ3v) is 7.98. The lowest BCUT2D eigenvalue weighted by atomic mass is 9.89. The van der Waals surface area contributed by atoms with E-state index in [1.165, 1.54) is 22.5 Å². The van der Waals surface area contributed by atoms with Gasteiger partial charge in [-0.3, -0.25) is 14.8 Å². The van der Waals surface area contributed by atoms with Crippen molar-refractivity contribution in [2.75, 3.05) is 44.8 Å². The highest BCUT2D eigenvalue weighted by Gasteiger charge is 2.37. The normalized spacial score (nSPS) is 23.7. The molecule has 0 spiro atoms. The molecule has 206 valence electrons. The zero-order valence-electron chi connectivity index (χ0n) is 23.2. The molecule has 3 aliphatic rings. The minimum absolute atomic E-state index is 0.0161.